The van der Waals surface area contributed by atoms with E-state index in [9.17, 15) is 4.79 Å². The van der Waals surface area contributed by atoms with Crippen LogP contribution in [0.2, 0.25) is 5.15 Å². The molecule has 0 unspecified atom stereocenters. The molecule has 1 heterocycles. The summed E-state index contributed by atoms with van der Waals surface area (Å²) in [6, 6.07) is 9.36. The van der Waals surface area contributed by atoms with Crippen LogP contribution >= 0.6 is 11.6 Å². The molecule has 2 aromatic rings. The zero-order chi connectivity index (χ0) is 12.1. The molecule has 0 spiro atoms. The molecule has 2 rings (SSSR count). The maximum atomic E-state index is 11.5. The lowest BCUT2D eigenvalue weighted by atomic mass is 10.2. The predicted molar refractivity (Wildman–Crippen MR) is 62.9 cm³/mol. The second-order valence-corrected chi connectivity index (χ2v) is 3.43. The first-order valence-corrected chi connectivity index (χ1v) is 5.10. The average Bonchev–Trinajstić information content (AvgIpc) is 2.77. The Balaban J connectivity index is 1.98. The van der Waals surface area contributed by atoms with Gasteiger partial charge in [0.15, 0.2) is 10.8 Å². The molecule has 0 aliphatic rings. The van der Waals surface area contributed by atoms with Crippen LogP contribution in [0.1, 0.15) is 16.1 Å². The summed E-state index contributed by atoms with van der Waals surface area (Å²) in [5.74, 6) is -0.518. The van der Waals surface area contributed by atoms with E-state index in [1.165, 1.54) is 6.21 Å². The normalized spacial score (nSPS) is 10.6. The molecule has 0 aliphatic heterocycles. The van der Waals surface area contributed by atoms with Crippen molar-refractivity contribution in [3.8, 4) is 0 Å². The standard InChI is InChI=1S/C10H8ClN5O/c11-9-8(13-16-14-9)10(17)15-12-6-7-4-2-1-3-5-7/h1-6H,(H,15,17)(H,13,14,16)/b12-6-. The number of rotatable bonds is 3. The third kappa shape index (κ3) is 2.88. The van der Waals surface area contributed by atoms with Crippen LogP contribution in [0.15, 0.2) is 35.4 Å². The van der Waals surface area contributed by atoms with Gasteiger partial charge in [0, 0.05) is 0 Å². The van der Waals surface area contributed by atoms with Crippen molar-refractivity contribution < 1.29 is 4.79 Å². The third-order valence-corrected chi connectivity index (χ3v) is 2.16. The number of H-pyrrole nitrogens is 1. The number of hydrogen-bond acceptors (Lipinski definition) is 4. The van der Waals surface area contributed by atoms with Gasteiger partial charge in [-0.2, -0.15) is 10.3 Å². The largest absolute Gasteiger partial charge is 0.295 e. The maximum absolute atomic E-state index is 11.5. The molecule has 1 aromatic heterocycles. The number of carbonyl (C=O) groups is 1. The highest BCUT2D eigenvalue weighted by Gasteiger charge is 2.13. The van der Waals surface area contributed by atoms with Crippen molar-refractivity contribution in [1.82, 2.24) is 20.8 Å². The lowest BCUT2D eigenvalue weighted by Gasteiger charge is -1.95. The zero-order valence-corrected chi connectivity index (χ0v) is 9.35. The number of carbonyl (C=O) groups excluding carboxylic acids is 1. The Kier molecular flexibility index (Phi) is 3.46. The Bertz CT molecular complexity index is 537. The van der Waals surface area contributed by atoms with Gasteiger partial charge in [0.25, 0.3) is 5.91 Å². The van der Waals surface area contributed by atoms with Crippen molar-refractivity contribution in [1.29, 1.82) is 0 Å². The Labute approximate surface area is 102 Å². The van der Waals surface area contributed by atoms with Gasteiger partial charge in [0.1, 0.15) is 0 Å². The van der Waals surface area contributed by atoms with Crippen molar-refractivity contribution in [3.05, 3.63) is 46.7 Å². The quantitative estimate of drug-likeness (QED) is 0.634. The zero-order valence-electron chi connectivity index (χ0n) is 8.59. The highest BCUT2D eigenvalue weighted by atomic mass is 35.5. The Morgan fingerprint density at radius 2 is 2.12 bits per heavy atom. The van der Waals surface area contributed by atoms with E-state index in [4.69, 9.17) is 11.6 Å². The first kappa shape index (κ1) is 11.3. The number of hydrazone groups is 1. The van der Waals surface area contributed by atoms with Gasteiger partial charge in [-0.15, -0.1) is 10.2 Å². The summed E-state index contributed by atoms with van der Waals surface area (Å²) in [7, 11) is 0. The summed E-state index contributed by atoms with van der Waals surface area (Å²) < 4.78 is 0. The van der Waals surface area contributed by atoms with E-state index in [2.05, 4.69) is 25.9 Å². The van der Waals surface area contributed by atoms with Crippen LogP contribution in [0.5, 0.6) is 0 Å². The molecule has 2 N–H and O–H groups in total. The van der Waals surface area contributed by atoms with Gasteiger partial charge < -0.3 is 0 Å². The fourth-order valence-electron chi connectivity index (χ4n) is 1.12. The number of aromatic nitrogens is 3. The van der Waals surface area contributed by atoms with Gasteiger partial charge in [-0.05, 0) is 5.56 Å². The molecule has 1 amide bonds. The van der Waals surface area contributed by atoms with E-state index >= 15 is 0 Å². The molecule has 0 saturated heterocycles. The minimum atomic E-state index is -0.518. The molecule has 0 bridgehead atoms. The van der Waals surface area contributed by atoms with E-state index in [-0.39, 0.29) is 10.8 Å². The number of halogens is 1. The predicted octanol–water partition coefficient (Wildman–Crippen LogP) is 1.22. The molecule has 0 fully saturated rings. The molecule has 1 aromatic carbocycles. The van der Waals surface area contributed by atoms with Crippen LogP contribution in [0.4, 0.5) is 0 Å². The highest BCUT2D eigenvalue weighted by Crippen LogP contribution is 2.06. The van der Waals surface area contributed by atoms with Crippen molar-refractivity contribution in [3.63, 3.8) is 0 Å². The number of nitrogens with zero attached hydrogens (tertiary/aromatic N) is 3. The molecule has 7 heteroatoms. The molecule has 0 atom stereocenters. The lowest BCUT2D eigenvalue weighted by Crippen LogP contribution is -2.18. The first-order valence-electron chi connectivity index (χ1n) is 4.72. The van der Waals surface area contributed by atoms with Crippen LogP contribution in [0.3, 0.4) is 0 Å². The molecular formula is C10H8ClN5O. The number of benzene rings is 1. The van der Waals surface area contributed by atoms with Gasteiger partial charge >= 0.3 is 0 Å². The van der Waals surface area contributed by atoms with E-state index in [1.807, 2.05) is 30.3 Å². The smallest absolute Gasteiger partial charge is 0.265 e. The number of aromatic amines is 1. The lowest BCUT2D eigenvalue weighted by molar-refractivity contribution is 0.0950. The van der Waals surface area contributed by atoms with Crippen LogP contribution < -0.4 is 5.43 Å². The van der Waals surface area contributed by atoms with Crippen LogP contribution in [0, 0.1) is 0 Å². The monoisotopic (exact) mass is 249 g/mol. The fraction of sp³-hybridized carbons (Fsp3) is 0. The molecule has 0 saturated carbocycles. The Hall–Kier alpha value is -2.21. The number of amides is 1. The second kappa shape index (κ2) is 5.22. The molecule has 6 nitrogen and oxygen atoms in total. The van der Waals surface area contributed by atoms with Gasteiger partial charge in [-0.3, -0.25) is 4.79 Å². The maximum Gasteiger partial charge on any atom is 0.295 e. The minimum Gasteiger partial charge on any atom is -0.265 e. The molecule has 0 aliphatic carbocycles. The van der Waals surface area contributed by atoms with Crippen LogP contribution in [-0.4, -0.2) is 27.5 Å². The SMILES string of the molecule is O=C(N/N=C\c1ccccc1)c1n[nH]nc1Cl. The first-order chi connectivity index (χ1) is 8.27. The highest BCUT2D eigenvalue weighted by molar-refractivity contribution is 6.32. The number of nitrogens with one attached hydrogen (secondary N) is 2. The second-order valence-electron chi connectivity index (χ2n) is 3.07. The summed E-state index contributed by atoms with van der Waals surface area (Å²) in [4.78, 5) is 11.5. The van der Waals surface area contributed by atoms with Gasteiger partial charge in [-0.1, -0.05) is 41.9 Å². The van der Waals surface area contributed by atoms with Crippen molar-refractivity contribution in [2.24, 2.45) is 5.10 Å². The fourth-order valence-corrected chi connectivity index (χ4v) is 1.29. The summed E-state index contributed by atoms with van der Waals surface area (Å²) >= 11 is 5.61. The molecule has 17 heavy (non-hydrogen) atoms. The topological polar surface area (TPSA) is 83.0 Å². The van der Waals surface area contributed by atoms with E-state index in [0.29, 0.717) is 0 Å². The Morgan fingerprint density at radius 3 is 2.76 bits per heavy atom. The van der Waals surface area contributed by atoms with E-state index in [0.717, 1.165) is 5.56 Å². The van der Waals surface area contributed by atoms with Crippen LogP contribution in [0.25, 0.3) is 0 Å². The molecular weight excluding hydrogens is 242 g/mol. The minimum absolute atomic E-state index is 0.0110. The molecule has 0 radical (unpaired) electrons. The van der Waals surface area contributed by atoms with Gasteiger partial charge in [-0.25, -0.2) is 5.43 Å². The Morgan fingerprint density at radius 1 is 1.35 bits per heavy atom. The van der Waals surface area contributed by atoms with E-state index < -0.39 is 5.91 Å². The van der Waals surface area contributed by atoms with Crippen molar-refractivity contribution in [2.45, 2.75) is 0 Å². The van der Waals surface area contributed by atoms with E-state index in [1.54, 1.807) is 0 Å². The molecule has 86 valence electrons. The van der Waals surface area contributed by atoms with Gasteiger partial charge in [0.2, 0.25) is 0 Å². The summed E-state index contributed by atoms with van der Waals surface area (Å²) in [6.07, 6.45) is 1.52. The third-order valence-electron chi connectivity index (χ3n) is 1.90. The summed E-state index contributed by atoms with van der Waals surface area (Å²) in [5.41, 5.74) is 3.18. The van der Waals surface area contributed by atoms with Gasteiger partial charge in [0.05, 0.1) is 6.21 Å². The summed E-state index contributed by atoms with van der Waals surface area (Å²) in [6.45, 7) is 0. The summed E-state index contributed by atoms with van der Waals surface area (Å²) in [5, 5.41) is 13.1. The van der Waals surface area contributed by atoms with Crippen molar-refractivity contribution in [2.75, 3.05) is 0 Å². The number of hydrogen-bond donors (Lipinski definition) is 2. The van der Waals surface area contributed by atoms with Crippen LogP contribution in [-0.2, 0) is 0 Å². The average molecular weight is 250 g/mol. The van der Waals surface area contributed by atoms with Crippen molar-refractivity contribution >= 4 is 23.7 Å².